The highest BCUT2D eigenvalue weighted by Gasteiger charge is 2.51. The van der Waals surface area contributed by atoms with Crippen molar-refractivity contribution in [2.24, 2.45) is 11.8 Å². The second-order valence-corrected chi connectivity index (χ2v) is 7.95. The monoisotopic (exact) mass is 347 g/mol. The van der Waals surface area contributed by atoms with Crippen LogP contribution in [0, 0.1) is 11.8 Å². The van der Waals surface area contributed by atoms with Gasteiger partial charge in [0, 0.05) is 12.0 Å². The summed E-state index contributed by atoms with van der Waals surface area (Å²) in [5.74, 6) is 1.57. The Labute approximate surface area is 154 Å². The summed E-state index contributed by atoms with van der Waals surface area (Å²) in [5, 5.41) is 3.12. The summed E-state index contributed by atoms with van der Waals surface area (Å²) < 4.78 is 5.70. The van der Waals surface area contributed by atoms with Gasteiger partial charge < -0.3 is 10.1 Å². The summed E-state index contributed by atoms with van der Waals surface area (Å²) in [6, 6.07) is 8.87. The fourth-order valence-corrected chi connectivity index (χ4v) is 5.20. The van der Waals surface area contributed by atoms with Crippen molar-refractivity contribution in [3.63, 3.8) is 0 Å². The van der Waals surface area contributed by atoms with E-state index in [4.69, 9.17) is 4.74 Å². The Balaban J connectivity index is 1.27. The Morgan fingerprint density at radius 2 is 1.92 bits per heavy atom. The van der Waals surface area contributed by atoms with Gasteiger partial charge in [-0.2, -0.15) is 0 Å². The molecule has 1 aromatic rings. The first-order valence-corrected chi connectivity index (χ1v) is 9.92. The maximum absolute atomic E-state index is 12.4. The number of carbonyl (C=O) groups excluding carboxylic acids is 1. The molecule has 0 radical (unpaired) electrons. The molecule has 0 saturated heterocycles. The average Bonchev–Trinajstić information content (AvgIpc) is 3.35. The molecule has 0 aliphatic heterocycles. The number of ether oxygens (including phenoxy) is 1. The number of amides is 1. The molecule has 134 valence electrons. The van der Waals surface area contributed by atoms with Gasteiger partial charge in [-0.1, -0.05) is 61.4 Å². The zero-order valence-corrected chi connectivity index (χ0v) is 15.0. The van der Waals surface area contributed by atoms with Crippen LogP contribution in [0.5, 0.6) is 0 Å². The topological polar surface area (TPSA) is 38.3 Å². The quantitative estimate of drug-likeness (QED) is 0.838. The zero-order chi connectivity index (χ0) is 17.5. The van der Waals surface area contributed by atoms with E-state index in [0.717, 1.165) is 6.42 Å². The largest absolute Gasteiger partial charge is 0.449 e. The molecule has 0 bridgehead atoms. The van der Waals surface area contributed by atoms with E-state index in [1.165, 1.54) is 48.0 Å². The van der Waals surface area contributed by atoms with Gasteiger partial charge in [0.1, 0.15) is 6.61 Å². The maximum atomic E-state index is 12.4. The summed E-state index contributed by atoms with van der Waals surface area (Å²) in [4.78, 5) is 12.4. The van der Waals surface area contributed by atoms with Gasteiger partial charge in [-0.05, 0) is 53.4 Å². The smallest absolute Gasteiger partial charge is 0.407 e. The van der Waals surface area contributed by atoms with Gasteiger partial charge in [-0.15, -0.1) is 0 Å². The molecule has 3 nitrogen and oxygen atoms in total. The summed E-state index contributed by atoms with van der Waals surface area (Å²) in [6.45, 7) is 0.422. The van der Waals surface area contributed by atoms with Crippen molar-refractivity contribution in [1.29, 1.82) is 0 Å². The van der Waals surface area contributed by atoms with Crippen LogP contribution in [0.3, 0.4) is 0 Å². The van der Waals surface area contributed by atoms with Crippen molar-refractivity contribution in [3.05, 3.63) is 65.3 Å². The molecule has 3 atom stereocenters. The number of fused-ring (bicyclic) bond motifs is 3. The second kappa shape index (κ2) is 6.46. The number of alkyl carbamates (subject to hydrolysis) is 1. The van der Waals surface area contributed by atoms with Crippen molar-refractivity contribution in [2.75, 3.05) is 6.61 Å². The number of hydrogen-bond donors (Lipinski definition) is 1. The Bertz CT molecular complexity index is 807. The molecule has 2 fully saturated rings. The first kappa shape index (κ1) is 15.9. The maximum Gasteiger partial charge on any atom is 0.407 e. The van der Waals surface area contributed by atoms with Gasteiger partial charge >= 0.3 is 6.09 Å². The van der Waals surface area contributed by atoms with E-state index in [1.807, 2.05) is 0 Å². The van der Waals surface area contributed by atoms with Gasteiger partial charge in [-0.25, -0.2) is 4.79 Å². The minimum Gasteiger partial charge on any atom is -0.449 e. The van der Waals surface area contributed by atoms with Gasteiger partial charge in [0.25, 0.3) is 0 Å². The van der Waals surface area contributed by atoms with Crippen LogP contribution in [0.25, 0.3) is 5.57 Å². The number of carbonyl (C=O) groups is 1. The average molecular weight is 347 g/mol. The van der Waals surface area contributed by atoms with Gasteiger partial charge in [0.2, 0.25) is 0 Å². The molecule has 5 rings (SSSR count). The summed E-state index contributed by atoms with van der Waals surface area (Å²) in [7, 11) is 0. The van der Waals surface area contributed by atoms with Gasteiger partial charge in [0.15, 0.2) is 0 Å². The first-order chi connectivity index (χ1) is 12.8. The molecule has 1 N–H and O–H groups in total. The van der Waals surface area contributed by atoms with Crippen molar-refractivity contribution < 1.29 is 9.53 Å². The molecule has 0 aromatic heterocycles. The number of hydrogen-bond acceptors (Lipinski definition) is 2. The minimum atomic E-state index is -0.240. The number of nitrogens with one attached hydrogen (secondary N) is 1. The molecule has 26 heavy (non-hydrogen) atoms. The Kier molecular flexibility index (Phi) is 3.96. The summed E-state index contributed by atoms with van der Waals surface area (Å²) >= 11 is 0. The van der Waals surface area contributed by atoms with Crippen molar-refractivity contribution in [1.82, 2.24) is 5.32 Å². The van der Waals surface area contributed by atoms with Gasteiger partial charge in [0.05, 0.1) is 0 Å². The lowest BCUT2D eigenvalue weighted by molar-refractivity contribution is 0.141. The van der Waals surface area contributed by atoms with Crippen LogP contribution < -0.4 is 5.32 Å². The predicted molar refractivity (Wildman–Crippen MR) is 103 cm³/mol. The van der Waals surface area contributed by atoms with Crippen LogP contribution in [0.4, 0.5) is 4.79 Å². The number of allylic oxidation sites excluding steroid dienone is 5. The number of rotatable bonds is 3. The van der Waals surface area contributed by atoms with E-state index in [0.29, 0.717) is 24.5 Å². The molecule has 4 aliphatic rings. The third kappa shape index (κ3) is 2.70. The Morgan fingerprint density at radius 1 is 1.12 bits per heavy atom. The number of benzene rings is 1. The molecule has 4 aliphatic carbocycles. The highest BCUT2D eigenvalue weighted by molar-refractivity contribution is 5.85. The third-order valence-electron chi connectivity index (χ3n) is 6.56. The van der Waals surface area contributed by atoms with E-state index >= 15 is 0 Å². The lowest BCUT2D eigenvalue weighted by Crippen LogP contribution is -2.29. The van der Waals surface area contributed by atoms with Crippen molar-refractivity contribution >= 4 is 11.7 Å². The lowest BCUT2D eigenvalue weighted by Gasteiger charge is -2.16. The van der Waals surface area contributed by atoms with E-state index in [9.17, 15) is 4.79 Å². The lowest BCUT2D eigenvalue weighted by atomic mass is 9.94. The van der Waals surface area contributed by atoms with E-state index in [2.05, 4.69) is 53.9 Å². The summed E-state index contributed by atoms with van der Waals surface area (Å²) in [5.41, 5.74) is 5.23. The Morgan fingerprint density at radius 3 is 2.77 bits per heavy atom. The fourth-order valence-electron chi connectivity index (χ4n) is 5.20. The first-order valence-electron chi connectivity index (χ1n) is 9.92. The molecule has 3 heteroatoms. The van der Waals surface area contributed by atoms with Crippen LogP contribution >= 0.6 is 0 Å². The van der Waals surface area contributed by atoms with Gasteiger partial charge in [-0.3, -0.25) is 0 Å². The van der Waals surface area contributed by atoms with E-state index < -0.39 is 0 Å². The van der Waals surface area contributed by atoms with Crippen molar-refractivity contribution in [3.8, 4) is 0 Å². The van der Waals surface area contributed by atoms with Crippen LogP contribution in [0.15, 0.2) is 54.1 Å². The van der Waals surface area contributed by atoms with E-state index in [-0.39, 0.29) is 12.0 Å². The molecular formula is C23H25NO2. The molecule has 3 unspecified atom stereocenters. The molecule has 2 saturated carbocycles. The molecule has 0 heterocycles. The van der Waals surface area contributed by atoms with Crippen LogP contribution in [0.2, 0.25) is 0 Å². The van der Waals surface area contributed by atoms with Crippen LogP contribution in [0.1, 0.15) is 49.1 Å². The Hall–Kier alpha value is -2.29. The molecular weight excluding hydrogens is 322 g/mol. The molecule has 1 aromatic carbocycles. The van der Waals surface area contributed by atoms with Crippen LogP contribution in [-0.2, 0) is 4.74 Å². The molecule has 1 amide bonds. The zero-order valence-electron chi connectivity index (χ0n) is 15.0. The van der Waals surface area contributed by atoms with E-state index in [1.54, 1.807) is 0 Å². The third-order valence-corrected chi connectivity index (χ3v) is 6.56. The highest BCUT2D eigenvalue weighted by atomic mass is 16.5. The highest BCUT2D eigenvalue weighted by Crippen LogP contribution is 2.50. The fraction of sp³-hybridized carbons (Fsp3) is 0.435. The SMILES string of the molecule is O=C(NC1C2CCCCC21)OCC1C2=C(C=CC=CC2)c2ccccc21. The van der Waals surface area contributed by atoms with Crippen LogP contribution in [-0.4, -0.2) is 18.7 Å². The summed E-state index contributed by atoms with van der Waals surface area (Å²) in [6.07, 6.45) is 14.4. The second-order valence-electron chi connectivity index (χ2n) is 7.95. The normalized spacial score (nSPS) is 30.9. The van der Waals surface area contributed by atoms with Crippen molar-refractivity contribution in [2.45, 2.75) is 44.1 Å². The standard InChI is InChI=1S/C23H25NO2/c25-23(24-22-19-12-6-7-13-20(19)22)26-14-21-17-9-3-1-2-8-15(17)16-10-4-5-11-18(16)21/h1-5,8,10-11,19-22H,6-7,9,12-14H2,(H,24,25). The molecule has 0 spiro atoms. The predicted octanol–water partition coefficient (Wildman–Crippen LogP) is 4.97. The minimum absolute atomic E-state index is 0.167.